The number of pyridine rings is 1. The van der Waals surface area contributed by atoms with Gasteiger partial charge in [0.2, 0.25) is 15.0 Å². The first-order valence-electron chi connectivity index (χ1n) is 5.61. The highest BCUT2D eigenvalue weighted by atomic mass is 79.9. The average Bonchev–Trinajstić information content (AvgIpc) is 2.92. The van der Waals surface area contributed by atoms with E-state index < -0.39 is 14.3 Å². The lowest BCUT2D eigenvalue weighted by Gasteiger charge is -2.10. The van der Waals surface area contributed by atoms with E-state index in [1.165, 1.54) is 9.42 Å². The molecule has 1 aliphatic heterocycles. The van der Waals surface area contributed by atoms with Crippen LogP contribution in [0.15, 0.2) is 22.8 Å². The molecule has 0 aliphatic carbocycles. The van der Waals surface area contributed by atoms with Crippen LogP contribution in [0.5, 0.6) is 0 Å². The SMILES string of the molecule is O=C1CC(S(=O)(=O)Cl)CN1c1nc2cccc(Br)n2n1. The maximum absolute atomic E-state index is 11.9. The Morgan fingerprint density at radius 3 is 2.75 bits per heavy atom. The minimum atomic E-state index is -3.78. The van der Waals surface area contributed by atoms with Crippen molar-refractivity contribution in [2.45, 2.75) is 11.7 Å². The van der Waals surface area contributed by atoms with Gasteiger partial charge in [-0.05, 0) is 28.1 Å². The minimum absolute atomic E-state index is 0.0286. The smallest absolute Gasteiger partial charge is 0.252 e. The van der Waals surface area contributed by atoms with Gasteiger partial charge in [0.25, 0.3) is 5.95 Å². The number of hydrogen-bond donors (Lipinski definition) is 0. The second-order valence-electron chi connectivity index (χ2n) is 4.34. The van der Waals surface area contributed by atoms with Gasteiger partial charge in [-0.1, -0.05) is 6.07 Å². The van der Waals surface area contributed by atoms with Crippen LogP contribution in [0.4, 0.5) is 5.95 Å². The Labute approximate surface area is 127 Å². The van der Waals surface area contributed by atoms with E-state index in [1.54, 1.807) is 18.2 Å². The van der Waals surface area contributed by atoms with E-state index >= 15 is 0 Å². The Hall–Kier alpha value is -1.19. The molecule has 10 heteroatoms. The van der Waals surface area contributed by atoms with Crippen molar-refractivity contribution in [3.63, 3.8) is 0 Å². The number of fused-ring (bicyclic) bond motifs is 1. The molecule has 1 amide bonds. The topological polar surface area (TPSA) is 84.6 Å². The first-order valence-corrected chi connectivity index (χ1v) is 8.78. The fourth-order valence-corrected chi connectivity index (χ4v) is 3.47. The molecule has 0 N–H and O–H groups in total. The van der Waals surface area contributed by atoms with E-state index in [1.807, 2.05) is 0 Å². The van der Waals surface area contributed by atoms with Gasteiger partial charge < -0.3 is 0 Å². The van der Waals surface area contributed by atoms with Crippen LogP contribution in [-0.4, -0.2) is 40.7 Å². The molecule has 0 bridgehead atoms. The fraction of sp³-hybridized carbons (Fsp3) is 0.300. The number of halogens is 2. The third-order valence-electron chi connectivity index (χ3n) is 3.03. The van der Waals surface area contributed by atoms with Crippen molar-refractivity contribution >= 4 is 53.2 Å². The van der Waals surface area contributed by atoms with Crippen molar-refractivity contribution in [1.29, 1.82) is 0 Å². The summed E-state index contributed by atoms with van der Waals surface area (Å²) in [6.07, 6.45) is -0.150. The van der Waals surface area contributed by atoms with Gasteiger partial charge in [-0.25, -0.2) is 12.9 Å². The summed E-state index contributed by atoms with van der Waals surface area (Å²) in [5, 5.41) is 3.26. The van der Waals surface area contributed by atoms with Crippen molar-refractivity contribution in [1.82, 2.24) is 14.6 Å². The van der Waals surface area contributed by atoms with E-state index in [0.717, 1.165) is 0 Å². The molecule has 1 atom stereocenters. The van der Waals surface area contributed by atoms with Crippen LogP contribution in [-0.2, 0) is 13.8 Å². The second-order valence-corrected chi connectivity index (χ2v) is 8.06. The molecule has 1 aliphatic rings. The van der Waals surface area contributed by atoms with Gasteiger partial charge in [0.1, 0.15) is 9.85 Å². The van der Waals surface area contributed by atoms with Gasteiger partial charge >= 0.3 is 0 Å². The van der Waals surface area contributed by atoms with Crippen LogP contribution in [0.2, 0.25) is 0 Å². The van der Waals surface area contributed by atoms with Crippen LogP contribution in [0.3, 0.4) is 0 Å². The third kappa shape index (κ3) is 2.29. The molecule has 1 fully saturated rings. The van der Waals surface area contributed by atoms with Crippen LogP contribution in [0.25, 0.3) is 5.65 Å². The predicted molar refractivity (Wildman–Crippen MR) is 76.2 cm³/mol. The lowest BCUT2D eigenvalue weighted by molar-refractivity contribution is -0.117. The molecule has 3 heterocycles. The zero-order chi connectivity index (χ0) is 14.5. The first-order chi connectivity index (χ1) is 9.36. The predicted octanol–water partition coefficient (Wildman–Crippen LogP) is 1.17. The molecule has 0 radical (unpaired) electrons. The summed E-state index contributed by atoms with van der Waals surface area (Å²) in [5.74, 6) is -0.184. The molecule has 20 heavy (non-hydrogen) atoms. The second kappa shape index (κ2) is 4.68. The number of aromatic nitrogens is 3. The maximum Gasteiger partial charge on any atom is 0.252 e. The largest absolute Gasteiger partial charge is 0.278 e. The first kappa shape index (κ1) is 13.8. The van der Waals surface area contributed by atoms with Crippen molar-refractivity contribution in [3.8, 4) is 0 Å². The average molecular weight is 380 g/mol. The molecule has 0 saturated carbocycles. The number of anilines is 1. The summed E-state index contributed by atoms with van der Waals surface area (Å²) in [5.41, 5.74) is 0.555. The molecule has 106 valence electrons. The van der Waals surface area contributed by atoms with Gasteiger partial charge in [-0.15, -0.1) is 5.10 Å². The van der Waals surface area contributed by atoms with Gasteiger partial charge in [0.15, 0.2) is 5.65 Å². The van der Waals surface area contributed by atoms with Crippen molar-refractivity contribution < 1.29 is 13.2 Å². The van der Waals surface area contributed by atoms with Gasteiger partial charge in [0, 0.05) is 23.6 Å². The number of rotatable bonds is 2. The molecule has 7 nitrogen and oxygen atoms in total. The van der Waals surface area contributed by atoms with Crippen LogP contribution in [0, 0.1) is 0 Å². The highest BCUT2D eigenvalue weighted by molar-refractivity contribution is 9.10. The zero-order valence-electron chi connectivity index (χ0n) is 9.90. The number of carbonyl (C=O) groups is 1. The lowest BCUT2D eigenvalue weighted by Crippen LogP contribution is -2.27. The third-order valence-corrected chi connectivity index (χ3v) is 5.50. The lowest BCUT2D eigenvalue weighted by atomic mass is 10.4. The Balaban J connectivity index is 2.00. The summed E-state index contributed by atoms with van der Waals surface area (Å²) in [6.45, 7) is -0.0286. The molecular weight excluding hydrogens is 372 g/mol. The van der Waals surface area contributed by atoms with E-state index in [9.17, 15) is 13.2 Å². The number of hydrogen-bond acceptors (Lipinski definition) is 5. The molecule has 2 aromatic rings. The molecule has 1 unspecified atom stereocenters. The summed E-state index contributed by atoms with van der Waals surface area (Å²) < 4.78 is 24.8. The van der Waals surface area contributed by atoms with E-state index in [0.29, 0.717) is 10.3 Å². The monoisotopic (exact) mass is 378 g/mol. The van der Waals surface area contributed by atoms with E-state index in [-0.39, 0.29) is 24.8 Å². The summed E-state index contributed by atoms with van der Waals surface area (Å²) in [7, 11) is 1.52. The van der Waals surface area contributed by atoms with Crippen molar-refractivity contribution in [2.24, 2.45) is 0 Å². The van der Waals surface area contributed by atoms with Gasteiger partial charge in [0.05, 0.1) is 0 Å². The Bertz CT molecular complexity index is 806. The Morgan fingerprint density at radius 1 is 1.40 bits per heavy atom. The van der Waals surface area contributed by atoms with Gasteiger partial charge in [-0.2, -0.15) is 4.98 Å². The van der Waals surface area contributed by atoms with Crippen LogP contribution in [0.1, 0.15) is 6.42 Å². The van der Waals surface area contributed by atoms with Crippen LogP contribution < -0.4 is 4.90 Å². The summed E-state index contributed by atoms with van der Waals surface area (Å²) >= 11 is 3.32. The Kier molecular flexibility index (Phi) is 3.22. The summed E-state index contributed by atoms with van der Waals surface area (Å²) in [6, 6.07) is 5.30. The van der Waals surface area contributed by atoms with Crippen LogP contribution >= 0.6 is 26.6 Å². The molecule has 3 rings (SSSR count). The van der Waals surface area contributed by atoms with Crippen molar-refractivity contribution in [3.05, 3.63) is 22.8 Å². The summed E-state index contributed by atoms with van der Waals surface area (Å²) in [4.78, 5) is 17.3. The zero-order valence-corrected chi connectivity index (χ0v) is 13.1. The number of nitrogens with zero attached hydrogens (tertiary/aromatic N) is 4. The number of amides is 1. The minimum Gasteiger partial charge on any atom is -0.278 e. The maximum atomic E-state index is 11.9. The Morgan fingerprint density at radius 2 is 2.15 bits per heavy atom. The highest BCUT2D eigenvalue weighted by Gasteiger charge is 2.39. The quantitative estimate of drug-likeness (QED) is 0.577. The van der Waals surface area contributed by atoms with E-state index in [4.69, 9.17) is 10.7 Å². The molecular formula is C10H8BrClN4O3S. The van der Waals surface area contributed by atoms with Crippen molar-refractivity contribution in [2.75, 3.05) is 11.4 Å². The normalized spacial score (nSPS) is 20.0. The fourth-order valence-electron chi connectivity index (χ4n) is 2.03. The molecule has 2 aromatic heterocycles. The van der Waals surface area contributed by atoms with E-state index in [2.05, 4.69) is 26.0 Å². The standard InChI is InChI=1S/C10H8BrClN4O3S/c11-7-2-1-3-8-13-10(14-16(7)8)15-5-6(4-9(15)17)20(12,18)19/h1-3,6H,4-5H2. The number of carbonyl (C=O) groups excluding carboxylic acids is 1. The molecule has 0 spiro atoms. The highest BCUT2D eigenvalue weighted by Crippen LogP contribution is 2.25. The van der Waals surface area contributed by atoms with Gasteiger partial charge in [-0.3, -0.25) is 9.69 Å². The molecule has 1 saturated heterocycles. The molecule has 0 aromatic carbocycles.